The summed E-state index contributed by atoms with van der Waals surface area (Å²) in [5, 5.41) is 11.8. The van der Waals surface area contributed by atoms with Crippen molar-refractivity contribution >= 4 is 18.1 Å². The molecule has 1 fully saturated rings. The molecule has 0 spiro atoms. The zero-order valence-corrected chi connectivity index (χ0v) is 9.84. The van der Waals surface area contributed by atoms with Crippen LogP contribution in [0.15, 0.2) is 35.5 Å². The third-order valence-corrected chi connectivity index (χ3v) is 2.92. The average Bonchev–Trinajstić information content (AvgIpc) is 2.70. The molecule has 1 aromatic carbocycles. The SMILES string of the molecule is C1=Cc2ccccc2NC=N1.OC1CCCC1. The van der Waals surface area contributed by atoms with Crippen LogP contribution in [0.4, 0.5) is 5.69 Å². The Morgan fingerprint density at radius 3 is 2.65 bits per heavy atom. The highest BCUT2D eigenvalue weighted by molar-refractivity contribution is 5.83. The highest BCUT2D eigenvalue weighted by atomic mass is 16.3. The number of hydrogen-bond donors (Lipinski definition) is 2. The summed E-state index contributed by atoms with van der Waals surface area (Å²) in [5.74, 6) is 0. The second kappa shape index (κ2) is 6.21. The van der Waals surface area contributed by atoms with Crippen LogP contribution >= 0.6 is 0 Å². The van der Waals surface area contributed by atoms with Gasteiger partial charge in [0.25, 0.3) is 0 Å². The smallest absolute Gasteiger partial charge is 0.0923 e. The Morgan fingerprint density at radius 1 is 1.18 bits per heavy atom. The zero-order valence-electron chi connectivity index (χ0n) is 9.84. The first kappa shape index (κ1) is 11.9. The molecule has 2 aliphatic rings. The Bertz CT molecular complexity index is 406. The summed E-state index contributed by atoms with van der Waals surface area (Å²) in [7, 11) is 0. The van der Waals surface area contributed by atoms with Gasteiger partial charge in [0, 0.05) is 11.9 Å². The number of aliphatic imine (C=N–C) groups is 1. The minimum atomic E-state index is 0.0463. The van der Waals surface area contributed by atoms with Crippen molar-refractivity contribution in [2.24, 2.45) is 4.99 Å². The van der Waals surface area contributed by atoms with Crippen LogP contribution in [0, 0.1) is 0 Å². The highest BCUT2D eigenvalue weighted by Gasteiger charge is 2.09. The lowest BCUT2D eigenvalue weighted by Crippen LogP contribution is -1.94. The molecule has 0 radical (unpaired) electrons. The van der Waals surface area contributed by atoms with Crippen molar-refractivity contribution in [3.05, 3.63) is 36.0 Å². The summed E-state index contributed by atoms with van der Waals surface area (Å²) in [5.41, 5.74) is 2.27. The van der Waals surface area contributed by atoms with Gasteiger partial charge in [0.05, 0.1) is 12.4 Å². The molecule has 2 N–H and O–H groups in total. The van der Waals surface area contributed by atoms with Crippen LogP contribution in [-0.2, 0) is 0 Å². The molecule has 0 saturated heterocycles. The molecule has 0 bridgehead atoms. The fourth-order valence-corrected chi connectivity index (χ4v) is 1.95. The second-order valence-corrected chi connectivity index (χ2v) is 4.26. The summed E-state index contributed by atoms with van der Waals surface area (Å²) in [6.07, 6.45) is 10.0. The van der Waals surface area contributed by atoms with Gasteiger partial charge < -0.3 is 10.4 Å². The van der Waals surface area contributed by atoms with Gasteiger partial charge in [-0.25, -0.2) is 4.99 Å². The number of nitrogens with zero attached hydrogens (tertiary/aromatic N) is 1. The number of anilines is 1. The lowest BCUT2D eigenvalue weighted by Gasteiger charge is -2.01. The first-order chi connectivity index (χ1) is 8.36. The summed E-state index contributed by atoms with van der Waals surface area (Å²) in [6, 6.07) is 8.08. The van der Waals surface area contributed by atoms with Crippen molar-refractivity contribution in [3.63, 3.8) is 0 Å². The maximum Gasteiger partial charge on any atom is 0.0923 e. The molecule has 1 aliphatic carbocycles. The minimum Gasteiger partial charge on any atom is -0.393 e. The molecule has 0 aromatic heterocycles. The van der Waals surface area contributed by atoms with Crippen molar-refractivity contribution in [2.45, 2.75) is 31.8 Å². The number of para-hydroxylation sites is 1. The van der Waals surface area contributed by atoms with E-state index in [4.69, 9.17) is 5.11 Å². The van der Waals surface area contributed by atoms with Crippen LogP contribution in [0.3, 0.4) is 0 Å². The molecular formula is C14H18N2O. The Kier molecular flexibility index (Phi) is 4.33. The third kappa shape index (κ3) is 3.71. The quantitative estimate of drug-likeness (QED) is 0.719. The van der Waals surface area contributed by atoms with E-state index in [1.807, 2.05) is 30.3 Å². The predicted octanol–water partition coefficient (Wildman–Crippen LogP) is 3.03. The maximum absolute atomic E-state index is 8.73. The molecule has 1 aromatic rings. The Morgan fingerprint density at radius 2 is 1.94 bits per heavy atom. The van der Waals surface area contributed by atoms with E-state index in [1.54, 1.807) is 12.5 Å². The predicted molar refractivity (Wildman–Crippen MR) is 72.1 cm³/mol. The van der Waals surface area contributed by atoms with Gasteiger partial charge in [0.2, 0.25) is 0 Å². The molecule has 90 valence electrons. The third-order valence-electron chi connectivity index (χ3n) is 2.92. The van der Waals surface area contributed by atoms with Gasteiger partial charge in [0.15, 0.2) is 0 Å². The van der Waals surface area contributed by atoms with E-state index in [-0.39, 0.29) is 6.10 Å². The average molecular weight is 230 g/mol. The van der Waals surface area contributed by atoms with Gasteiger partial charge in [-0.2, -0.15) is 0 Å². The van der Waals surface area contributed by atoms with Gasteiger partial charge in [0.1, 0.15) is 0 Å². The summed E-state index contributed by atoms with van der Waals surface area (Å²) in [6.45, 7) is 0. The second-order valence-electron chi connectivity index (χ2n) is 4.26. The Hall–Kier alpha value is -1.61. The van der Waals surface area contributed by atoms with Gasteiger partial charge in [-0.15, -0.1) is 0 Å². The van der Waals surface area contributed by atoms with Crippen LogP contribution in [-0.4, -0.2) is 17.5 Å². The van der Waals surface area contributed by atoms with E-state index in [9.17, 15) is 0 Å². The van der Waals surface area contributed by atoms with E-state index in [0.29, 0.717) is 0 Å². The summed E-state index contributed by atoms with van der Waals surface area (Å²) >= 11 is 0. The lowest BCUT2D eigenvalue weighted by atomic mass is 10.2. The highest BCUT2D eigenvalue weighted by Crippen LogP contribution is 2.17. The number of benzene rings is 1. The van der Waals surface area contributed by atoms with Crippen LogP contribution in [0.1, 0.15) is 31.2 Å². The van der Waals surface area contributed by atoms with Crippen molar-refractivity contribution in [1.29, 1.82) is 0 Å². The van der Waals surface area contributed by atoms with E-state index in [0.717, 1.165) is 18.5 Å². The Balaban J connectivity index is 0.000000153. The molecule has 17 heavy (non-hydrogen) atoms. The van der Waals surface area contributed by atoms with Gasteiger partial charge in [-0.05, 0) is 30.5 Å². The first-order valence-electron chi connectivity index (χ1n) is 6.08. The fraction of sp³-hybridized carbons (Fsp3) is 0.357. The number of fused-ring (bicyclic) bond motifs is 1. The number of aliphatic hydroxyl groups excluding tert-OH is 1. The van der Waals surface area contributed by atoms with Crippen molar-refractivity contribution in [1.82, 2.24) is 0 Å². The number of aliphatic hydroxyl groups is 1. The van der Waals surface area contributed by atoms with Crippen LogP contribution in [0.5, 0.6) is 0 Å². The molecule has 1 aliphatic heterocycles. The molecule has 3 rings (SSSR count). The van der Waals surface area contributed by atoms with Gasteiger partial charge in [-0.3, -0.25) is 0 Å². The van der Waals surface area contributed by atoms with Crippen LogP contribution in [0.2, 0.25) is 0 Å². The molecular weight excluding hydrogens is 212 g/mol. The number of rotatable bonds is 0. The van der Waals surface area contributed by atoms with Gasteiger partial charge in [-0.1, -0.05) is 31.0 Å². The minimum absolute atomic E-state index is 0.0463. The van der Waals surface area contributed by atoms with E-state index >= 15 is 0 Å². The normalized spacial score (nSPS) is 17.7. The number of nitrogens with one attached hydrogen (secondary N) is 1. The topological polar surface area (TPSA) is 44.6 Å². The zero-order chi connectivity index (χ0) is 11.9. The molecule has 3 heteroatoms. The van der Waals surface area contributed by atoms with E-state index in [1.165, 1.54) is 18.4 Å². The Labute approximate surface area is 102 Å². The molecule has 0 unspecified atom stereocenters. The maximum atomic E-state index is 8.73. The molecule has 3 nitrogen and oxygen atoms in total. The summed E-state index contributed by atoms with van der Waals surface area (Å²) in [4.78, 5) is 3.97. The van der Waals surface area contributed by atoms with Crippen LogP contribution < -0.4 is 5.32 Å². The standard InChI is InChI=1S/C9H8N2.C5H10O/c1-2-4-9-8(3-1)5-6-10-7-11-9;6-5-3-1-2-4-5/h1-7H,(H,10,11);5-6H,1-4H2. The monoisotopic (exact) mass is 230 g/mol. The van der Waals surface area contributed by atoms with Crippen molar-refractivity contribution < 1.29 is 5.11 Å². The van der Waals surface area contributed by atoms with Crippen molar-refractivity contribution in [2.75, 3.05) is 5.32 Å². The summed E-state index contributed by atoms with van der Waals surface area (Å²) < 4.78 is 0. The van der Waals surface area contributed by atoms with Crippen LogP contribution in [0.25, 0.3) is 6.08 Å². The first-order valence-corrected chi connectivity index (χ1v) is 6.08. The van der Waals surface area contributed by atoms with Gasteiger partial charge >= 0.3 is 0 Å². The molecule has 0 atom stereocenters. The van der Waals surface area contributed by atoms with E-state index in [2.05, 4.69) is 10.3 Å². The fourth-order valence-electron chi connectivity index (χ4n) is 1.95. The molecule has 1 heterocycles. The van der Waals surface area contributed by atoms with E-state index < -0.39 is 0 Å². The number of hydrogen-bond acceptors (Lipinski definition) is 3. The largest absolute Gasteiger partial charge is 0.393 e. The lowest BCUT2D eigenvalue weighted by molar-refractivity contribution is 0.183. The molecule has 1 saturated carbocycles. The molecule has 0 amide bonds. The van der Waals surface area contributed by atoms with Crippen molar-refractivity contribution in [3.8, 4) is 0 Å².